The van der Waals surface area contributed by atoms with E-state index in [1.165, 1.54) is 0 Å². The van der Waals surface area contributed by atoms with Gasteiger partial charge in [-0.25, -0.2) is 9.78 Å². The number of nitrogens with one attached hydrogen (secondary N) is 2. The van der Waals surface area contributed by atoms with Gasteiger partial charge in [0.25, 0.3) is 0 Å². The number of carbonyl (C=O) groups excluding carboxylic acids is 1. The monoisotopic (exact) mass is 287 g/mol. The number of hydrogen-bond acceptors (Lipinski definition) is 3. The van der Waals surface area contributed by atoms with E-state index in [0.29, 0.717) is 12.6 Å². The Morgan fingerprint density at radius 3 is 2.80 bits per heavy atom. The van der Waals surface area contributed by atoms with Crippen molar-refractivity contribution in [3.63, 3.8) is 0 Å². The van der Waals surface area contributed by atoms with Crippen LogP contribution in [0.4, 0.5) is 4.79 Å². The van der Waals surface area contributed by atoms with Crippen molar-refractivity contribution in [3.05, 3.63) is 40.9 Å². The van der Waals surface area contributed by atoms with Crippen molar-refractivity contribution >= 4 is 17.4 Å². The molecule has 1 fully saturated rings. The van der Waals surface area contributed by atoms with Crippen LogP contribution in [0, 0.1) is 6.92 Å². The molecule has 0 radical (unpaired) electrons. The highest BCUT2D eigenvalue weighted by Crippen LogP contribution is 2.27. The second-order valence-electron chi connectivity index (χ2n) is 4.99. The Hall–Kier alpha value is -1.88. The molecule has 1 saturated carbocycles. The third-order valence-electron chi connectivity index (χ3n) is 3.24. The minimum Gasteiger partial charge on any atom is -0.335 e. The van der Waals surface area contributed by atoms with E-state index in [9.17, 15) is 4.79 Å². The number of nitrogens with zero attached hydrogens (tertiary/aromatic N) is 1. The van der Waals surface area contributed by atoms with Crippen molar-refractivity contribution < 1.29 is 4.79 Å². The molecule has 1 aliphatic rings. The van der Waals surface area contributed by atoms with Crippen LogP contribution in [0.2, 0.25) is 0 Å². The zero-order chi connectivity index (χ0) is 13.9. The maximum absolute atomic E-state index is 11.6. The van der Waals surface area contributed by atoms with Crippen LogP contribution >= 0.6 is 11.3 Å². The molecule has 0 aliphatic heterocycles. The highest BCUT2D eigenvalue weighted by atomic mass is 32.1. The van der Waals surface area contributed by atoms with Crippen LogP contribution in [-0.4, -0.2) is 17.1 Å². The van der Waals surface area contributed by atoms with Gasteiger partial charge < -0.3 is 10.6 Å². The molecule has 1 aliphatic carbocycles. The molecule has 0 spiro atoms. The molecule has 104 valence electrons. The molecule has 0 unspecified atom stereocenters. The molecule has 1 aromatic heterocycles. The maximum Gasteiger partial charge on any atom is 0.315 e. The first kappa shape index (κ1) is 13.1. The average Bonchev–Trinajstić information content (AvgIpc) is 3.19. The zero-order valence-corrected chi connectivity index (χ0v) is 12.2. The summed E-state index contributed by atoms with van der Waals surface area (Å²) in [5.41, 5.74) is 2.11. The van der Waals surface area contributed by atoms with Crippen molar-refractivity contribution in [2.45, 2.75) is 32.4 Å². The Balaban J connectivity index is 1.64. The molecular weight excluding hydrogens is 270 g/mol. The number of aryl methyl sites for hydroxylation is 1. The summed E-state index contributed by atoms with van der Waals surface area (Å²) in [5, 5.41) is 6.81. The van der Waals surface area contributed by atoms with Gasteiger partial charge >= 0.3 is 6.03 Å². The van der Waals surface area contributed by atoms with Crippen LogP contribution in [0.25, 0.3) is 10.6 Å². The molecule has 1 aromatic carbocycles. The molecule has 2 N–H and O–H groups in total. The summed E-state index contributed by atoms with van der Waals surface area (Å²) < 4.78 is 0. The van der Waals surface area contributed by atoms with E-state index < -0.39 is 0 Å². The van der Waals surface area contributed by atoms with E-state index in [1.54, 1.807) is 11.3 Å². The first-order valence-corrected chi connectivity index (χ1v) is 7.60. The van der Waals surface area contributed by atoms with Crippen molar-refractivity contribution in [2.75, 3.05) is 0 Å². The number of benzene rings is 1. The largest absolute Gasteiger partial charge is 0.335 e. The van der Waals surface area contributed by atoms with Gasteiger partial charge in [-0.05, 0) is 19.8 Å². The lowest BCUT2D eigenvalue weighted by Crippen LogP contribution is -2.36. The van der Waals surface area contributed by atoms with Gasteiger partial charge in [0.1, 0.15) is 5.01 Å². The Labute approximate surface area is 122 Å². The molecule has 2 amide bonds. The second kappa shape index (κ2) is 5.63. The van der Waals surface area contributed by atoms with Crippen LogP contribution in [0.1, 0.15) is 23.4 Å². The van der Waals surface area contributed by atoms with Crippen molar-refractivity contribution in [2.24, 2.45) is 0 Å². The lowest BCUT2D eigenvalue weighted by molar-refractivity contribution is 0.240. The summed E-state index contributed by atoms with van der Waals surface area (Å²) in [6, 6.07) is 10.4. The SMILES string of the molecule is Cc1nc(-c2ccccc2)sc1CNC(=O)NC1CC1. The normalized spacial score (nSPS) is 14.1. The number of thiazole rings is 1. The van der Waals surface area contributed by atoms with Crippen LogP contribution in [-0.2, 0) is 6.54 Å². The van der Waals surface area contributed by atoms with Crippen LogP contribution < -0.4 is 10.6 Å². The van der Waals surface area contributed by atoms with E-state index >= 15 is 0 Å². The lowest BCUT2D eigenvalue weighted by Gasteiger charge is -2.05. The number of rotatable bonds is 4. The standard InChI is InChI=1S/C15H17N3OS/c1-10-13(9-16-15(19)18-12-7-8-12)20-14(17-10)11-5-3-2-4-6-11/h2-6,12H,7-9H2,1H3,(H2,16,18,19). The fraction of sp³-hybridized carbons (Fsp3) is 0.333. The molecule has 2 aromatic rings. The summed E-state index contributed by atoms with van der Waals surface area (Å²) in [6.45, 7) is 2.52. The molecule has 1 heterocycles. The Bertz CT molecular complexity index is 605. The van der Waals surface area contributed by atoms with Crippen molar-refractivity contribution in [1.29, 1.82) is 0 Å². The summed E-state index contributed by atoms with van der Waals surface area (Å²) in [6.07, 6.45) is 2.20. The molecule has 0 atom stereocenters. The minimum absolute atomic E-state index is 0.0819. The number of hydrogen-bond donors (Lipinski definition) is 2. The first-order valence-electron chi connectivity index (χ1n) is 6.78. The molecular formula is C15H17N3OS. The van der Waals surface area contributed by atoms with Crippen LogP contribution in [0.5, 0.6) is 0 Å². The Morgan fingerprint density at radius 1 is 1.35 bits per heavy atom. The maximum atomic E-state index is 11.6. The topological polar surface area (TPSA) is 54.0 Å². The first-order chi connectivity index (χ1) is 9.72. The van der Waals surface area contributed by atoms with Gasteiger partial charge in [0.05, 0.1) is 12.2 Å². The third kappa shape index (κ3) is 3.17. The van der Waals surface area contributed by atoms with E-state index in [-0.39, 0.29) is 6.03 Å². The minimum atomic E-state index is -0.0819. The fourth-order valence-corrected chi connectivity index (χ4v) is 2.93. The average molecular weight is 287 g/mol. The van der Waals surface area contributed by atoms with Crippen LogP contribution in [0.3, 0.4) is 0 Å². The van der Waals surface area contributed by atoms with E-state index in [4.69, 9.17) is 0 Å². The summed E-state index contributed by atoms with van der Waals surface area (Å²) in [5.74, 6) is 0. The predicted molar refractivity (Wildman–Crippen MR) is 80.7 cm³/mol. The molecule has 4 nitrogen and oxygen atoms in total. The quantitative estimate of drug-likeness (QED) is 0.908. The van der Waals surface area contributed by atoms with Gasteiger partial charge in [-0.15, -0.1) is 11.3 Å². The fourth-order valence-electron chi connectivity index (χ4n) is 1.92. The van der Waals surface area contributed by atoms with Gasteiger partial charge in [-0.1, -0.05) is 30.3 Å². The van der Waals surface area contributed by atoms with E-state index in [1.807, 2.05) is 25.1 Å². The molecule has 0 saturated heterocycles. The Morgan fingerprint density at radius 2 is 2.10 bits per heavy atom. The van der Waals surface area contributed by atoms with Crippen LogP contribution in [0.15, 0.2) is 30.3 Å². The predicted octanol–water partition coefficient (Wildman–Crippen LogP) is 3.08. The second-order valence-corrected chi connectivity index (χ2v) is 6.08. The number of amides is 2. The van der Waals surface area contributed by atoms with E-state index in [0.717, 1.165) is 34.0 Å². The third-order valence-corrected chi connectivity index (χ3v) is 4.44. The summed E-state index contributed by atoms with van der Waals surface area (Å²) >= 11 is 1.64. The highest BCUT2D eigenvalue weighted by Gasteiger charge is 2.23. The lowest BCUT2D eigenvalue weighted by atomic mass is 10.2. The van der Waals surface area contributed by atoms with E-state index in [2.05, 4.69) is 27.8 Å². The van der Waals surface area contributed by atoms with Gasteiger partial charge in [-0.2, -0.15) is 0 Å². The van der Waals surface area contributed by atoms with Gasteiger partial charge in [0, 0.05) is 16.5 Å². The molecule has 3 rings (SSSR count). The molecule has 0 bridgehead atoms. The molecule has 5 heteroatoms. The molecule has 20 heavy (non-hydrogen) atoms. The summed E-state index contributed by atoms with van der Waals surface area (Å²) in [7, 11) is 0. The summed E-state index contributed by atoms with van der Waals surface area (Å²) in [4.78, 5) is 17.3. The number of carbonyl (C=O) groups is 1. The smallest absolute Gasteiger partial charge is 0.315 e. The number of urea groups is 1. The van der Waals surface area contributed by atoms with Crippen molar-refractivity contribution in [1.82, 2.24) is 15.6 Å². The van der Waals surface area contributed by atoms with Gasteiger partial charge in [0.15, 0.2) is 0 Å². The van der Waals surface area contributed by atoms with Gasteiger partial charge in [0.2, 0.25) is 0 Å². The van der Waals surface area contributed by atoms with Gasteiger partial charge in [-0.3, -0.25) is 0 Å². The van der Waals surface area contributed by atoms with Crippen molar-refractivity contribution in [3.8, 4) is 10.6 Å². The Kier molecular flexibility index (Phi) is 3.69. The highest BCUT2D eigenvalue weighted by molar-refractivity contribution is 7.15. The number of aromatic nitrogens is 1. The zero-order valence-electron chi connectivity index (χ0n) is 11.3.